The van der Waals surface area contributed by atoms with E-state index in [1.807, 2.05) is 6.07 Å². The molecule has 0 spiro atoms. The Balaban J connectivity index is 2.13. The zero-order valence-electron chi connectivity index (χ0n) is 9.29. The van der Waals surface area contributed by atoms with Crippen molar-refractivity contribution < 1.29 is 0 Å². The van der Waals surface area contributed by atoms with Crippen LogP contribution in [-0.2, 0) is 0 Å². The normalized spacial score (nSPS) is 15.8. The number of rotatable bonds is 1. The largest absolute Gasteiger partial charge is 0.372 e. The van der Waals surface area contributed by atoms with E-state index in [0.717, 1.165) is 24.0 Å². The summed E-state index contributed by atoms with van der Waals surface area (Å²) in [5.41, 5.74) is 2.10. The van der Waals surface area contributed by atoms with Gasteiger partial charge in [0.2, 0.25) is 0 Å². The summed E-state index contributed by atoms with van der Waals surface area (Å²) in [6.45, 7) is 2.24. The first-order valence-corrected chi connectivity index (χ1v) is 6.50. The molecule has 0 radical (unpaired) electrons. The van der Waals surface area contributed by atoms with Gasteiger partial charge in [0.05, 0.1) is 15.6 Å². The van der Waals surface area contributed by atoms with Crippen molar-refractivity contribution in [2.45, 2.75) is 12.8 Å². The zero-order chi connectivity index (χ0) is 11.8. The molecular weight excluding hydrogens is 255 g/mol. The first-order chi connectivity index (χ1) is 8.25. The van der Waals surface area contributed by atoms with Crippen molar-refractivity contribution in [3.05, 3.63) is 34.4 Å². The van der Waals surface area contributed by atoms with Crippen molar-refractivity contribution in [3.63, 3.8) is 0 Å². The van der Waals surface area contributed by atoms with Crippen molar-refractivity contribution in [2.75, 3.05) is 18.0 Å². The van der Waals surface area contributed by atoms with Gasteiger partial charge in [-0.3, -0.25) is 4.98 Å². The number of aromatic nitrogens is 1. The van der Waals surface area contributed by atoms with Crippen LogP contribution in [0.1, 0.15) is 12.8 Å². The Labute approximate surface area is 110 Å². The number of nitrogens with zero attached hydrogens (tertiary/aromatic N) is 2. The predicted molar refractivity (Wildman–Crippen MR) is 73.2 cm³/mol. The smallest absolute Gasteiger partial charge is 0.0782 e. The lowest BCUT2D eigenvalue weighted by Gasteiger charge is -2.18. The van der Waals surface area contributed by atoms with Gasteiger partial charge in [-0.05, 0) is 31.0 Å². The molecule has 1 fully saturated rings. The number of pyridine rings is 1. The molecule has 1 aliphatic heterocycles. The predicted octanol–water partition coefficient (Wildman–Crippen LogP) is 4.14. The maximum absolute atomic E-state index is 6.21. The summed E-state index contributed by atoms with van der Waals surface area (Å²) in [6.07, 6.45) is 4.13. The molecule has 3 rings (SSSR count). The Morgan fingerprint density at radius 2 is 1.88 bits per heavy atom. The van der Waals surface area contributed by atoms with Crippen LogP contribution < -0.4 is 4.90 Å². The monoisotopic (exact) mass is 266 g/mol. The average molecular weight is 267 g/mol. The molecule has 2 nitrogen and oxygen atoms in total. The molecule has 0 aliphatic carbocycles. The van der Waals surface area contributed by atoms with E-state index in [1.54, 1.807) is 6.20 Å². The first-order valence-electron chi connectivity index (χ1n) is 5.74. The topological polar surface area (TPSA) is 16.1 Å². The Bertz CT molecular complexity index is 563. The molecule has 0 N–H and O–H groups in total. The lowest BCUT2D eigenvalue weighted by Crippen LogP contribution is -2.17. The SMILES string of the molecule is Clc1cnc2ccc(N3CCCC3)cc2c1Cl. The molecule has 1 saturated heterocycles. The maximum Gasteiger partial charge on any atom is 0.0782 e. The molecule has 2 aromatic rings. The highest BCUT2D eigenvalue weighted by Gasteiger charge is 2.13. The van der Waals surface area contributed by atoms with Crippen LogP contribution in [0.15, 0.2) is 24.4 Å². The molecule has 1 aromatic carbocycles. The van der Waals surface area contributed by atoms with Gasteiger partial charge in [0.15, 0.2) is 0 Å². The van der Waals surface area contributed by atoms with Crippen LogP contribution in [0.2, 0.25) is 10.0 Å². The summed E-state index contributed by atoms with van der Waals surface area (Å²) >= 11 is 12.2. The van der Waals surface area contributed by atoms with Gasteiger partial charge in [-0.1, -0.05) is 23.2 Å². The molecule has 0 atom stereocenters. The van der Waals surface area contributed by atoms with E-state index in [2.05, 4.69) is 22.0 Å². The van der Waals surface area contributed by atoms with Gasteiger partial charge < -0.3 is 4.90 Å². The van der Waals surface area contributed by atoms with Crippen LogP contribution in [0.3, 0.4) is 0 Å². The lowest BCUT2D eigenvalue weighted by molar-refractivity contribution is 0.949. The summed E-state index contributed by atoms with van der Waals surface area (Å²) in [5.74, 6) is 0. The van der Waals surface area contributed by atoms with Crippen molar-refractivity contribution in [3.8, 4) is 0 Å². The van der Waals surface area contributed by atoms with E-state index in [9.17, 15) is 0 Å². The Morgan fingerprint density at radius 1 is 1.12 bits per heavy atom. The van der Waals surface area contributed by atoms with Gasteiger partial charge in [0.25, 0.3) is 0 Å². The second-order valence-corrected chi connectivity index (χ2v) is 5.10. The molecular formula is C13H12Cl2N2. The molecule has 0 unspecified atom stereocenters. The highest BCUT2D eigenvalue weighted by molar-refractivity contribution is 6.45. The van der Waals surface area contributed by atoms with Crippen molar-refractivity contribution >= 4 is 39.8 Å². The third-order valence-corrected chi connectivity index (χ3v) is 4.00. The van der Waals surface area contributed by atoms with E-state index < -0.39 is 0 Å². The first kappa shape index (κ1) is 11.1. The second-order valence-electron chi connectivity index (χ2n) is 4.32. The van der Waals surface area contributed by atoms with Gasteiger partial charge in [-0.2, -0.15) is 0 Å². The Hall–Kier alpha value is -0.990. The fourth-order valence-corrected chi connectivity index (χ4v) is 2.65. The number of fused-ring (bicyclic) bond motifs is 1. The Morgan fingerprint density at radius 3 is 2.65 bits per heavy atom. The number of hydrogen-bond acceptors (Lipinski definition) is 2. The number of anilines is 1. The van der Waals surface area contributed by atoms with Gasteiger partial charge >= 0.3 is 0 Å². The van der Waals surface area contributed by atoms with Crippen LogP contribution in [0.25, 0.3) is 10.9 Å². The second kappa shape index (κ2) is 4.35. The van der Waals surface area contributed by atoms with Gasteiger partial charge in [-0.15, -0.1) is 0 Å². The lowest BCUT2D eigenvalue weighted by atomic mass is 10.2. The molecule has 17 heavy (non-hydrogen) atoms. The number of hydrogen-bond donors (Lipinski definition) is 0. The van der Waals surface area contributed by atoms with E-state index in [-0.39, 0.29) is 0 Å². The standard InChI is InChI=1S/C13H12Cl2N2/c14-11-8-16-12-4-3-9(7-10(12)13(11)15)17-5-1-2-6-17/h3-4,7-8H,1-2,5-6H2. The number of benzene rings is 1. The molecule has 0 saturated carbocycles. The summed E-state index contributed by atoms with van der Waals surface area (Å²) < 4.78 is 0. The molecule has 0 bridgehead atoms. The molecule has 1 aliphatic rings. The highest BCUT2D eigenvalue weighted by Crippen LogP contribution is 2.32. The molecule has 4 heteroatoms. The van der Waals surface area contributed by atoms with Crippen LogP contribution >= 0.6 is 23.2 Å². The third-order valence-electron chi connectivity index (χ3n) is 3.21. The minimum Gasteiger partial charge on any atom is -0.372 e. The van der Waals surface area contributed by atoms with Crippen molar-refractivity contribution in [1.82, 2.24) is 4.98 Å². The van der Waals surface area contributed by atoms with Crippen LogP contribution in [-0.4, -0.2) is 18.1 Å². The maximum atomic E-state index is 6.21. The average Bonchev–Trinajstić information content (AvgIpc) is 2.87. The molecule has 2 heterocycles. The minimum absolute atomic E-state index is 0.512. The van der Waals surface area contributed by atoms with E-state index in [1.165, 1.54) is 18.5 Å². The van der Waals surface area contributed by atoms with Crippen LogP contribution in [0, 0.1) is 0 Å². The van der Waals surface area contributed by atoms with Crippen LogP contribution in [0.5, 0.6) is 0 Å². The minimum atomic E-state index is 0.512. The number of halogens is 2. The van der Waals surface area contributed by atoms with Gasteiger partial charge in [0, 0.05) is 30.4 Å². The molecule has 1 aromatic heterocycles. The van der Waals surface area contributed by atoms with Crippen molar-refractivity contribution in [1.29, 1.82) is 0 Å². The van der Waals surface area contributed by atoms with Crippen molar-refractivity contribution in [2.24, 2.45) is 0 Å². The molecule has 88 valence electrons. The van der Waals surface area contributed by atoms with Gasteiger partial charge in [-0.25, -0.2) is 0 Å². The zero-order valence-corrected chi connectivity index (χ0v) is 10.8. The highest BCUT2D eigenvalue weighted by atomic mass is 35.5. The van der Waals surface area contributed by atoms with E-state index in [4.69, 9.17) is 23.2 Å². The quantitative estimate of drug-likeness (QED) is 0.771. The summed E-state index contributed by atoms with van der Waals surface area (Å²) in [6, 6.07) is 6.19. The van der Waals surface area contributed by atoms with Gasteiger partial charge in [0.1, 0.15) is 0 Å². The summed E-state index contributed by atoms with van der Waals surface area (Å²) in [4.78, 5) is 6.65. The third kappa shape index (κ3) is 1.96. The Kier molecular flexibility index (Phi) is 2.85. The van der Waals surface area contributed by atoms with E-state index >= 15 is 0 Å². The molecule has 0 amide bonds. The van der Waals surface area contributed by atoms with E-state index in [0.29, 0.717) is 10.0 Å². The van der Waals surface area contributed by atoms with Crippen LogP contribution in [0.4, 0.5) is 5.69 Å². The summed E-state index contributed by atoms with van der Waals surface area (Å²) in [7, 11) is 0. The summed E-state index contributed by atoms with van der Waals surface area (Å²) in [5, 5.41) is 2.04. The fourth-order valence-electron chi connectivity index (χ4n) is 2.30. The fraction of sp³-hybridized carbons (Fsp3) is 0.308.